The monoisotopic (exact) mass is 384 g/mol. The van der Waals surface area contributed by atoms with Gasteiger partial charge in [-0.05, 0) is 35.8 Å². The van der Waals surface area contributed by atoms with Crippen molar-refractivity contribution in [2.75, 3.05) is 0 Å². The Balaban J connectivity index is 1.71. The minimum absolute atomic E-state index is 0.0542. The van der Waals surface area contributed by atoms with Crippen LogP contribution in [0.5, 0.6) is 0 Å². The molecule has 1 spiro atoms. The third-order valence-electron chi connectivity index (χ3n) is 6.10. The molecule has 0 saturated carbocycles. The summed E-state index contributed by atoms with van der Waals surface area (Å²) in [6, 6.07) is 16.1. The highest BCUT2D eigenvalue weighted by atomic mass is 16.2. The van der Waals surface area contributed by atoms with Gasteiger partial charge in [0.1, 0.15) is 11.6 Å². The van der Waals surface area contributed by atoms with Crippen molar-refractivity contribution in [2.24, 2.45) is 0 Å². The van der Waals surface area contributed by atoms with E-state index < -0.39 is 17.6 Å². The van der Waals surface area contributed by atoms with Gasteiger partial charge in [-0.1, -0.05) is 60.2 Å². The Hall–Kier alpha value is -3.47. The molecule has 5 rings (SSSR count). The summed E-state index contributed by atoms with van der Waals surface area (Å²) in [5.74, 6) is -0.525. The molecule has 0 radical (unpaired) electrons. The first-order valence-corrected chi connectivity index (χ1v) is 9.70. The average Bonchev–Trinajstić information content (AvgIpc) is 3.01. The molecule has 5 nitrogen and oxygen atoms in total. The standard InChI is InChI=1S/C24H20N2O3/c1-15-7-9-17(10-8-15)22-23(29)25-20-13-18(27)11-12-24(20)19(14-21(28)26(22)24)16-5-3-2-4-6-16/h2-12,14,20,22H,13H2,1H3,(H,25,29)/t20-,22-,24-/m1/s1. The molecule has 1 aliphatic carbocycles. The summed E-state index contributed by atoms with van der Waals surface area (Å²) >= 11 is 0. The minimum atomic E-state index is -0.879. The fourth-order valence-corrected chi connectivity index (χ4v) is 4.76. The number of aryl methyl sites for hydroxylation is 1. The second-order valence-electron chi connectivity index (χ2n) is 7.84. The number of piperazine rings is 1. The van der Waals surface area contributed by atoms with Crippen LogP contribution in [0.15, 0.2) is 72.8 Å². The summed E-state index contributed by atoms with van der Waals surface area (Å²) in [6.07, 6.45) is 5.12. The lowest BCUT2D eigenvalue weighted by atomic mass is 9.72. The molecule has 0 aromatic heterocycles. The first kappa shape index (κ1) is 17.6. The molecule has 3 atom stereocenters. The number of hydrogen-bond acceptors (Lipinski definition) is 3. The fraction of sp³-hybridized carbons (Fsp3) is 0.208. The molecule has 5 heteroatoms. The van der Waals surface area contributed by atoms with E-state index in [1.807, 2.05) is 61.5 Å². The number of hydrogen-bond donors (Lipinski definition) is 1. The summed E-state index contributed by atoms with van der Waals surface area (Å²) in [7, 11) is 0. The zero-order valence-electron chi connectivity index (χ0n) is 16.0. The van der Waals surface area contributed by atoms with Crippen molar-refractivity contribution in [3.8, 4) is 0 Å². The lowest BCUT2D eigenvalue weighted by molar-refractivity contribution is -0.147. The quantitative estimate of drug-likeness (QED) is 0.866. The molecule has 1 N–H and O–H groups in total. The summed E-state index contributed by atoms with van der Waals surface area (Å²) in [5.41, 5.74) is 2.68. The van der Waals surface area contributed by atoms with Crippen LogP contribution in [0.4, 0.5) is 0 Å². The van der Waals surface area contributed by atoms with Crippen molar-refractivity contribution in [1.29, 1.82) is 0 Å². The number of nitrogens with one attached hydrogen (secondary N) is 1. The summed E-state index contributed by atoms with van der Waals surface area (Å²) in [4.78, 5) is 40.2. The van der Waals surface area contributed by atoms with E-state index in [1.165, 1.54) is 0 Å². The van der Waals surface area contributed by atoms with Gasteiger partial charge in [-0.25, -0.2) is 0 Å². The average molecular weight is 384 g/mol. The van der Waals surface area contributed by atoms with Gasteiger partial charge in [0, 0.05) is 12.5 Å². The summed E-state index contributed by atoms with van der Waals surface area (Å²) in [6.45, 7) is 1.98. The van der Waals surface area contributed by atoms with Crippen LogP contribution in [-0.4, -0.2) is 34.1 Å². The van der Waals surface area contributed by atoms with E-state index in [-0.39, 0.29) is 24.0 Å². The molecule has 144 valence electrons. The number of benzene rings is 2. The molecule has 1 fully saturated rings. The zero-order chi connectivity index (χ0) is 20.2. The van der Waals surface area contributed by atoms with Crippen molar-refractivity contribution in [1.82, 2.24) is 10.2 Å². The first-order valence-electron chi connectivity index (χ1n) is 9.70. The molecule has 2 heterocycles. The number of ketones is 1. The van der Waals surface area contributed by atoms with Gasteiger partial charge in [-0.3, -0.25) is 14.4 Å². The molecule has 2 aromatic carbocycles. The number of allylic oxidation sites excluding steroid dienone is 1. The van der Waals surface area contributed by atoms with Gasteiger partial charge in [0.15, 0.2) is 5.78 Å². The lowest BCUT2D eigenvalue weighted by Gasteiger charge is -2.52. The van der Waals surface area contributed by atoms with E-state index in [1.54, 1.807) is 23.1 Å². The predicted molar refractivity (Wildman–Crippen MR) is 109 cm³/mol. The smallest absolute Gasteiger partial charge is 0.248 e. The van der Waals surface area contributed by atoms with Crippen LogP contribution in [0, 0.1) is 6.92 Å². The van der Waals surface area contributed by atoms with Gasteiger partial charge in [-0.15, -0.1) is 0 Å². The number of carbonyl (C=O) groups excluding carboxylic acids is 3. The number of rotatable bonds is 2. The van der Waals surface area contributed by atoms with E-state index in [0.29, 0.717) is 0 Å². The third-order valence-corrected chi connectivity index (χ3v) is 6.10. The Morgan fingerprint density at radius 1 is 1.00 bits per heavy atom. The van der Waals surface area contributed by atoms with Crippen LogP contribution in [0.25, 0.3) is 5.57 Å². The zero-order valence-corrected chi connectivity index (χ0v) is 16.0. The Morgan fingerprint density at radius 3 is 2.45 bits per heavy atom. The van der Waals surface area contributed by atoms with E-state index in [4.69, 9.17) is 0 Å². The molecule has 3 aliphatic rings. The van der Waals surface area contributed by atoms with Crippen molar-refractivity contribution in [3.05, 3.63) is 89.5 Å². The maximum atomic E-state index is 13.3. The Bertz CT molecular complexity index is 1080. The molecular weight excluding hydrogens is 364 g/mol. The van der Waals surface area contributed by atoms with Crippen LogP contribution < -0.4 is 5.32 Å². The molecule has 2 aromatic rings. The second kappa shape index (κ2) is 6.27. The minimum Gasteiger partial charge on any atom is -0.348 e. The molecule has 2 amide bonds. The number of carbonyl (C=O) groups is 3. The van der Waals surface area contributed by atoms with E-state index in [0.717, 1.165) is 22.3 Å². The van der Waals surface area contributed by atoms with Crippen molar-refractivity contribution in [2.45, 2.75) is 31.0 Å². The van der Waals surface area contributed by atoms with E-state index in [9.17, 15) is 14.4 Å². The number of nitrogens with zero attached hydrogens (tertiary/aromatic N) is 1. The molecule has 1 saturated heterocycles. The third kappa shape index (κ3) is 2.50. The first-order chi connectivity index (χ1) is 14.0. The molecule has 0 unspecified atom stereocenters. The van der Waals surface area contributed by atoms with Gasteiger partial charge in [-0.2, -0.15) is 0 Å². The molecule has 2 aliphatic heterocycles. The van der Waals surface area contributed by atoms with Gasteiger partial charge in [0.2, 0.25) is 11.8 Å². The fourth-order valence-electron chi connectivity index (χ4n) is 4.76. The highest BCUT2D eigenvalue weighted by molar-refractivity contribution is 6.10. The largest absolute Gasteiger partial charge is 0.348 e. The van der Waals surface area contributed by atoms with Crippen molar-refractivity contribution >= 4 is 23.2 Å². The van der Waals surface area contributed by atoms with Crippen LogP contribution >= 0.6 is 0 Å². The van der Waals surface area contributed by atoms with Crippen LogP contribution in [-0.2, 0) is 14.4 Å². The summed E-state index contributed by atoms with van der Waals surface area (Å²) < 4.78 is 0. The Labute approximate surface area is 168 Å². The highest BCUT2D eigenvalue weighted by Crippen LogP contribution is 2.50. The maximum absolute atomic E-state index is 13.3. The maximum Gasteiger partial charge on any atom is 0.248 e. The second-order valence-corrected chi connectivity index (χ2v) is 7.84. The van der Waals surface area contributed by atoms with Crippen LogP contribution in [0.3, 0.4) is 0 Å². The number of amides is 2. The van der Waals surface area contributed by atoms with E-state index in [2.05, 4.69) is 5.32 Å². The molecule has 29 heavy (non-hydrogen) atoms. The highest BCUT2D eigenvalue weighted by Gasteiger charge is 2.60. The van der Waals surface area contributed by atoms with Crippen LogP contribution in [0.1, 0.15) is 29.2 Å². The van der Waals surface area contributed by atoms with Crippen molar-refractivity contribution in [3.63, 3.8) is 0 Å². The molecule has 0 bridgehead atoms. The SMILES string of the molecule is Cc1ccc([C@@H]2C(=O)N[C@@H]3CC(=O)C=C[C@@]34C(c3ccccc3)=CC(=O)N24)cc1. The van der Waals surface area contributed by atoms with Gasteiger partial charge in [0.25, 0.3) is 0 Å². The van der Waals surface area contributed by atoms with Gasteiger partial charge >= 0.3 is 0 Å². The predicted octanol–water partition coefficient (Wildman–Crippen LogP) is 2.73. The normalized spacial score (nSPS) is 28.0. The van der Waals surface area contributed by atoms with E-state index >= 15 is 0 Å². The summed E-state index contributed by atoms with van der Waals surface area (Å²) in [5, 5.41) is 3.05. The topological polar surface area (TPSA) is 66.5 Å². The lowest BCUT2D eigenvalue weighted by Crippen LogP contribution is -2.69. The van der Waals surface area contributed by atoms with Crippen LogP contribution in [0.2, 0.25) is 0 Å². The van der Waals surface area contributed by atoms with Gasteiger partial charge in [0.05, 0.1) is 6.04 Å². The van der Waals surface area contributed by atoms with Gasteiger partial charge < -0.3 is 10.2 Å². The Morgan fingerprint density at radius 2 is 1.72 bits per heavy atom. The van der Waals surface area contributed by atoms with Crippen molar-refractivity contribution < 1.29 is 14.4 Å². The Kier molecular flexibility index (Phi) is 3.81. The molecular formula is C24H20N2O3.